The van der Waals surface area contributed by atoms with Crippen LogP contribution in [0.5, 0.6) is 11.5 Å². The zero-order valence-electron chi connectivity index (χ0n) is 9.84. The number of methoxy groups -OCH3 is 1. The average molecular weight is 251 g/mol. The predicted octanol–water partition coefficient (Wildman–Crippen LogP) is 0.594. The molecule has 1 fully saturated rings. The van der Waals surface area contributed by atoms with Crippen molar-refractivity contribution < 1.29 is 23.7 Å². The number of nitrogens with two attached hydrogens (primary N) is 1. The molecule has 0 spiro atoms. The summed E-state index contributed by atoms with van der Waals surface area (Å²) in [6.45, 7) is 0.991. The molecule has 18 heavy (non-hydrogen) atoms. The third-order valence-electron chi connectivity index (χ3n) is 3.06. The average Bonchev–Trinajstić information content (AvgIpc) is 2.81. The highest BCUT2D eigenvalue weighted by Gasteiger charge is 2.37. The monoisotopic (exact) mass is 251 g/mol. The van der Waals surface area contributed by atoms with Crippen LogP contribution in [0.2, 0.25) is 0 Å². The minimum atomic E-state index is -0.497. The van der Waals surface area contributed by atoms with Crippen LogP contribution in [0, 0.1) is 0 Å². The molecule has 0 aliphatic carbocycles. The third-order valence-corrected chi connectivity index (χ3v) is 3.06. The van der Waals surface area contributed by atoms with Crippen LogP contribution in [-0.2, 0) is 9.47 Å². The van der Waals surface area contributed by atoms with Gasteiger partial charge in [-0.3, -0.25) is 0 Å². The van der Waals surface area contributed by atoms with Crippen LogP contribution in [0.3, 0.4) is 0 Å². The maximum Gasteiger partial charge on any atom is 0.340 e. The first-order chi connectivity index (χ1) is 8.69. The molecule has 2 N–H and O–H groups in total. The van der Waals surface area contributed by atoms with Crippen molar-refractivity contribution in [1.29, 1.82) is 0 Å². The molecule has 1 aromatic carbocycles. The van der Waals surface area contributed by atoms with Crippen molar-refractivity contribution in [3.63, 3.8) is 0 Å². The molecular formula is C12H13NO5. The molecule has 2 aliphatic rings. The number of fused-ring (bicyclic) bond motifs is 2. The second-order valence-corrected chi connectivity index (χ2v) is 4.23. The summed E-state index contributed by atoms with van der Waals surface area (Å²) in [6.07, 6.45) is -0.243. The first-order valence-electron chi connectivity index (χ1n) is 5.62. The van der Waals surface area contributed by atoms with E-state index in [1.807, 2.05) is 0 Å². The van der Waals surface area contributed by atoms with Crippen molar-refractivity contribution in [2.45, 2.75) is 12.2 Å². The summed E-state index contributed by atoms with van der Waals surface area (Å²) in [6, 6.07) is 3.13. The van der Waals surface area contributed by atoms with Crippen molar-refractivity contribution in [2.24, 2.45) is 0 Å². The molecule has 0 amide bonds. The van der Waals surface area contributed by atoms with Crippen LogP contribution in [0.25, 0.3) is 0 Å². The van der Waals surface area contributed by atoms with E-state index < -0.39 is 5.97 Å². The van der Waals surface area contributed by atoms with E-state index in [1.165, 1.54) is 7.11 Å². The SMILES string of the molecule is COC(=O)c1cc2c(cc1N)OC1COCC1O2. The van der Waals surface area contributed by atoms with Gasteiger partial charge in [0.25, 0.3) is 0 Å². The Bertz CT molecular complexity index is 501. The Balaban J connectivity index is 1.98. The van der Waals surface area contributed by atoms with Crippen LogP contribution < -0.4 is 15.2 Å². The third kappa shape index (κ3) is 1.65. The topological polar surface area (TPSA) is 80.0 Å². The highest BCUT2D eigenvalue weighted by Crippen LogP contribution is 2.39. The van der Waals surface area contributed by atoms with Crippen LogP contribution >= 0.6 is 0 Å². The molecule has 2 unspecified atom stereocenters. The predicted molar refractivity (Wildman–Crippen MR) is 61.8 cm³/mol. The first kappa shape index (κ1) is 11.2. The molecule has 2 heterocycles. The number of carbonyl (C=O) groups is 1. The summed E-state index contributed by atoms with van der Waals surface area (Å²) < 4.78 is 21.4. The van der Waals surface area contributed by atoms with Gasteiger partial charge in [-0.05, 0) is 0 Å². The Labute approximate surface area is 104 Å². The summed E-state index contributed by atoms with van der Waals surface area (Å²) in [5.41, 5.74) is 6.37. The molecular weight excluding hydrogens is 238 g/mol. The Hall–Kier alpha value is -1.95. The van der Waals surface area contributed by atoms with Gasteiger partial charge in [0, 0.05) is 12.1 Å². The highest BCUT2D eigenvalue weighted by molar-refractivity contribution is 5.96. The lowest BCUT2D eigenvalue weighted by Crippen LogP contribution is -2.38. The van der Waals surface area contributed by atoms with Crippen molar-refractivity contribution >= 4 is 11.7 Å². The molecule has 0 bridgehead atoms. The smallest absolute Gasteiger partial charge is 0.340 e. The summed E-state index contributed by atoms with van der Waals surface area (Å²) >= 11 is 0. The van der Waals surface area contributed by atoms with Gasteiger partial charge in [0.2, 0.25) is 0 Å². The molecule has 6 nitrogen and oxygen atoms in total. The molecule has 1 saturated heterocycles. The Morgan fingerprint density at radius 1 is 1.28 bits per heavy atom. The van der Waals surface area contributed by atoms with E-state index in [2.05, 4.69) is 4.74 Å². The van der Waals surface area contributed by atoms with E-state index in [4.69, 9.17) is 19.9 Å². The molecule has 2 atom stereocenters. The molecule has 0 aromatic heterocycles. The van der Waals surface area contributed by atoms with Crippen LogP contribution in [0.1, 0.15) is 10.4 Å². The van der Waals surface area contributed by atoms with E-state index in [0.29, 0.717) is 30.4 Å². The minimum Gasteiger partial charge on any atom is -0.480 e. The van der Waals surface area contributed by atoms with Crippen molar-refractivity contribution in [1.82, 2.24) is 0 Å². The number of ether oxygens (including phenoxy) is 4. The largest absolute Gasteiger partial charge is 0.480 e. The summed E-state index contributed by atoms with van der Waals surface area (Å²) in [4.78, 5) is 11.5. The number of hydrogen-bond acceptors (Lipinski definition) is 6. The molecule has 3 rings (SSSR count). The van der Waals surface area contributed by atoms with Gasteiger partial charge < -0.3 is 24.7 Å². The van der Waals surface area contributed by atoms with Gasteiger partial charge in [0.1, 0.15) is 0 Å². The van der Waals surface area contributed by atoms with Gasteiger partial charge in [-0.2, -0.15) is 0 Å². The van der Waals surface area contributed by atoms with Gasteiger partial charge in [-0.1, -0.05) is 0 Å². The number of rotatable bonds is 1. The fraction of sp³-hybridized carbons (Fsp3) is 0.417. The van der Waals surface area contributed by atoms with Gasteiger partial charge in [-0.25, -0.2) is 4.79 Å². The van der Waals surface area contributed by atoms with Crippen molar-refractivity contribution in [3.8, 4) is 11.5 Å². The normalized spacial score (nSPS) is 24.5. The van der Waals surface area contributed by atoms with Gasteiger partial charge in [0.15, 0.2) is 23.7 Å². The van der Waals surface area contributed by atoms with E-state index in [1.54, 1.807) is 12.1 Å². The lowest BCUT2D eigenvalue weighted by atomic mass is 10.1. The van der Waals surface area contributed by atoms with E-state index >= 15 is 0 Å². The van der Waals surface area contributed by atoms with Crippen LogP contribution in [0.4, 0.5) is 5.69 Å². The molecule has 6 heteroatoms. The standard InChI is InChI=1S/C12H13NO5/c1-15-12(14)6-2-8-9(3-7(6)13)18-11-5-16-4-10(11)17-8/h2-3,10-11H,4-5,13H2,1H3. The molecule has 96 valence electrons. The van der Waals surface area contributed by atoms with Crippen molar-refractivity contribution in [2.75, 3.05) is 26.1 Å². The Kier molecular flexibility index (Phi) is 2.52. The molecule has 0 radical (unpaired) electrons. The summed E-state index contributed by atoms with van der Waals surface area (Å²) in [5.74, 6) is 0.534. The lowest BCUT2D eigenvalue weighted by Gasteiger charge is -2.28. The maximum absolute atomic E-state index is 11.5. The number of hydrogen-bond donors (Lipinski definition) is 1. The fourth-order valence-electron chi connectivity index (χ4n) is 2.11. The van der Waals surface area contributed by atoms with Crippen molar-refractivity contribution in [3.05, 3.63) is 17.7 Å². The molecule has 2 aliphatic heterocycles. The first-order valence-corrected chi connectivity index (χ1v) is 5.62. The van der Waals surface area contributed by atoms with Gasteiger partial charge in [0.05, 0.1) is 31.6 Å². The molecule has 1 aromatic rings. The Morgan fingerprint density at radius 2 is 1.89 bits per heavy atom. The van der Waals surface area contributed by atoms with E-state index in [0.717, 1.165) is 0 Å². The van der Waals surface area contributed by atoms with E-state index in [9.17, 15) is 4.79 Å². The van der Waals surface area contributed by atoms with Crippen LogP contribution in [-0.4, -0.2) is 38.5 Å². The Morgan fingerprint density at radius 3 is 2.50 bits per heavy atom. The van der Waals surface area contributed by atoms with Gasteiger partial charge in [-0.15, -0.1) is 0 Å². The second kappa shape index (κ2) is 4.06. The number of benzene rings is 1. The van der Waals surface area contributed by atoms with E-state index in [-0.39, 0.29) is 17.8 Å². The second-order valence-electron chi connectivity index (χ2n) is 4.23. The zero-order chi connectivity index (χ0) is 12.7. The number of anilines is 1. The quantitative estimate of drug-likeness (QED) is 0.581. The highest BCUT2D eigenvalue weighted by atomic mass is 16.6. The van der Waals surface area contributed by atoms with Crippen LogP contribution in [0.15, 0.2) is 12.1 Å². The number of carbonyl (C=O) groups excluding carboxylic acids is 1. The number of nitrogen functional groups attached to an aromatic ring is 1. The summed E-state index contributed by atoms with van der Waals surface area (Å²) in [5, 5.41) is 0. The van der Waals surface area contributed by atoms with Gasteiger partial charge >= 0.3 is 5.97 Å². The summed E-state index contributed by atoms with van der Waals surface area (Å²) in [7, 11) is 1.30. The fourth-order valence-corrected chi connectivity index (χ4v) is 2.11. The lowest BCUT2D eigenvalue weighted by molar-refractivity contribution is 0.0537. The minimum absolute atomic E-state index is 0.110. The number of esters is 1. The zero-order valence-corrected chi connectivity index (χ0v) is 9.84. The maximum atomic E-state index is 11.5. The molecule has 0 saturated carbocycles.